The van der Waals surface area contributed by atoms with Gasteiger partial charge >= 0.3 is 0 Å². The molecular formula is C14H19F2N3O2. The van der Waals surface area contributed by atoms with Crippen molar-refractivity contribution in [3.8, 4) is 0 Å². The largest absolute Gasteiger partial charge is 0.398 e. The van der Waals surface area contributed by atoms with Crippen LogP contribution in [-0.2, 0) is 4.79 Å². The lowest BCUT2D eigenvalue weighted by molar-refractivity contribution is -0.130. The normalized spacial score (nSPS) is 10.3. The van der Waals surface area contributed by atoms with Gasteiger partial charge in [0.1, 0.15) is 0 Å². The van der Waals surface area contributed by atoms with Crippen molar-refractivity contribution < 1.29 is 18.4 Å². The van der Waals surface area contributed by atoms with E-state index in [1.807, 2.05) is 13.8 Å². The molecule has 0 aromatic heterocycles. The smallest absolute Gasteiger partial charge is 0.253 e. The van der Waals surface area contributed by atoms with Crippen LogP contribution >= 0.6 is 0 Å². The summed E-state index contributed by atoms with van der Waals surface area (Å²) in [5, 5.41) is 2.46. The summed E-state index contributed by atoms with van der Waals surface area (Å²) in [4.78, 5) is 25.2. The number of amides is 2. The van der Waals surface area contributed by atoms with E-state index in [1.165, 1.54) is 0 Å². The molecule has 0 aliphatic rings. The monoisotopic (exact) mass is 299 g/mol. The summed E-state index contributed by atoms with van der Waals surface area (Å²) < 4.78 is 26.0. The Balaban J connectivity index is 2.59. The molecule has 0 aliphatic heterocycles. The van der Waals surface area contributed by atoms with Crippen molar-refractivity contribution in [2.45, 2.75) is 20.3 Å². The molecule has 0 spiro atoms. The van der Waals surface area contributed by atoms with Gasteiger partial charge in [0.25, 0.3) is 5.91 Å². The lowest BCUT2D eigenvalue weighted by Crippen LogP contribution is -2.34. The fourth-order valence-corrected chi connectivity index (χ4v) is 1.87. The summed E-state index contributed by atoms with van der Waals surface area (Å²) in [6, 6.07) is 1.50. The zero-order chi connectivity index (χ0) is 16.0. The number of anilines is 1. The van der Waals surface area contributed by atoms with Gasteiger partial charge in [0, 0.05) is 37.8 Å². The molecule has 0 aliphatic carbocycles. The van der Waals surface area contributed by atoms with Gasteiger partial charge in [-0.1, -0.05) is 0 Å². The van der Waals surface area contributed by atoms with Crippen LogP contribution in [0.25, 0.3) is 0 Å². The number of carbonyl (C=O) groups is 2. The molecule has 0 saturated carbocycles. The molecular weight excluding hydrogens is 280 g/mol. The van der Waals surface area contributed by atoms with Gasteiger partial charge in [-0.2, -0.15) is 0 Å². The molecule has 5 nitrogen and oxygen atoms in total. The van der Waals surface area contributed by atoms with Gasteiger partial charge in [-0.05, 0) is 19.9 Å². The minimum Gasteiger partial charge on any atom is -0.398 e. The van der Waals surface area contributed by atoms with Gasteiger partial charge in [-0.15, -0.1) is 0 Å². The maximum absolute atomic E-state index is 13.1. The molecule has 2 amide bonds. The zero-order valence-electron chi connectivity index (χ0n) is 12.1. The molecule has 21 heavy (non-hydrogen) atoms. The fourth-order valence-electron chi connectivity index (χ4n) is 1.87. The van der Waals surface area contributed by atoms with Crippen LogP contribution in [0.4, 0.5) is 14.5 Å². The highest BCUT2D eigenvalue weighted by atomic mass is 19.2. The van der Waals surface area contributed by atoms with Crippen molar-refractivity contribution in [3.05, 3.63) is 29.3 Å². The average molecular weight is 299 g/mol. The van der Waals surface area contributed by atoms with Crippen LogP contribution in [0.1, 0.15) is 30.6 Å². The lowest BCUT2D eigenvalue weighted by Gasteiger charge is -2.18. The van der Waals surface area contributed by atoms with Gasteiger partial charge < -0.3 is 16.0 Å². The van der Waals surface area contributed by atoms with Crippen LogP contribution in [0.5, 0.6) is 0 Å². The fraction of sp³-hybridized carbons (Fsp3) is 0.429. The van der Waals surface area contributed by atoms with Crippen LogP contribution in [0.3, 0.4) is 0 Å². The number of nitrogens with one attached hydrogen (secondary N) is 1. The first kappa shape index (κ1) is 16.9. The Morgan fingerprint density at radius 3 is 2.33 bits per heavy atom. The van der Waals surface area contributed by atoms with Gasteiger partial charge in [0.2, 0.25) is 5.91 Å². The van der Waals surface area contributed by atoms with Crippen LogP contribution in [0, 0.1) is 11.6 Å². The number of carbonyl (C=O) groups excluding carboxylic acids is 2. The van der Waals surface area contributed by atoms with E-state index < -0.39 is 17.5 Å². The van der Waals surface area contributed by atoms with Crippen LogP contribution in [-0.4, -0.2) is 36.3 Å². The van der Waals surface area contributed by atoms with E-state index in [0.29, 0.717) is 13.1 Å². The Hall–Kier alpha value is -2.18. The second-order valence-electron chi connectivity index (χ2n) is 4.43. The lowest BCUT2D eigenvalue weighted by atomic mass is 10.1. The van der Waals surface area contributed by atoms with E-state index in [0.717, 1.165) is 12.1 Å². The van der Waals surface area contributed by atoms with Gasteiger partial charge in [0.15, 0.2) is 11.6 Å². The number of benzene rings is 1. The standard InChI is InChI=1S/C14H19F2N3O2/c1-3-19(4-2)13(20)5-6-18-14(21)9-7-10(15)11(16)8-12(9)17/h7-8H,3-6,17H2,1-2H3,(H,18,21). The molecule has 0 saturated heterocycles. The topological polar surface area (TPSA) is 75.4 Å². The van der Waals surface area contributed by atoms with Gasteiger partial charge in [-0.25, -0.2) is 8.78 Å². The van der Waals surface area contributed by atoms with E-state index in [4.69, 9.17) is 5.73 Å². The number of nitrogens with two attached hydrogens (primary N) is 1. The van der Waals surface area contributed by atoms with E-state index in [1.54, 1.807) is 4.90 Å². The summed E-state index contributed by atoms with van der Waals surface area (Å²) in [5.74, 6) is -2.98. The Labute approximate surface area is 122 Å². The van der Waals surface area contributed by atoms with Crippen molar-refractivity contribution in [1.29, 1.82) is 0 Å². The number of hydrogen-bond acceptors (Lipinski definition) is 3. The quantitative estimate of drug-likeness (QED) is 0.782. The molecule has 0 fully saturated rings. The first-order valence-electron chi connectivity index (χ1n) is 6.71. The number of halogens is 2. The molecule has 0 radical (unpaired) electrons. The van der Waals surface area contributed by atoms with Crippen molar-refractivity contribution in [2.24, 2.45) is 0 Å². The van der Waals surface area contributed by atoms with Crippen molar-refractivity contribution in [1.82, 2.24) is 10.2 Å². The summed E-state index contributed by atoms with van der Waals surface area (Å²) >= 11 is 0. The predicted molar refractivity (Wildman–Crippen MR) is 75.6 cm³/mol. The second-order valence-corrected chi connectivity index (χ2v) is 4.43. The Morgan fingerprint density at radius 1 is 1.19 bits per heavy atom. The second kappa shape index (κ2) is 7.56. The molecule has 3 N–H and O–H groups in total. The van der Waals surface area contributed by atoms with Gasteiger partial charge in [0.05, 0.1) is 5.56 Å². The number of nitrogens with zero attached hydrogens (tertiary/aromatic N) is 1. The molecule has 0 heterocycles. The Morgan fingerprint density at radius 2 is 1.76 bits per heavy atom. The SMILES string of the molecule is CCN(CC)C(=O)CCNC(=O)c1cc(F)c(F)cc1N. The summed E-state index contributed by atoms with van der Waals surface area (Å²) in [6.45, 7) is 5.02. The maximum atomic E-state index is 13.1. The van der Waals surface area contributed by atoms with E-state index >= 15 is 0 Å². The average Bonchev–Trinajstić information content (AvgIpc) is 2.44. The third-order valence-electron chi connectivity index (χ3n) is 3.08. The van der Waals surface area contributed by atoms with Crippen LogP contribution < -0.4 is 11.1 Å². The highest BCUT2D eigenvalue weighted by Crippen LogP contribution is 2.16. The molecule has 7 heteroatoms. The first-order chi connectivity index (χ1) is 9.90. The third kappa shape index (κ3) is 4.40. The van der Waals surface area contributed by atoms with E-state index in [9.17, 15) is 18.4 Å². The minimum atomic E-state index is -1.14. The molecule has 0 unspecified atom stereocenters. The van der Waals surface area contributed by atoms with Gasteiger partial charge in [-0.3, -0.25) is 9.59 Å². The highest BCUT2D eigenvalue weighted by Gasteiger charge is 2.15. The molecule has 116 valence electrons. The molecule has 1 aromatic rings. The third-order valence-corrected chi connectivity index (χ3v) is 3.08. The van der Waals surface area contributed by atoms with Crippen molar-refractivity contribution >= 4 is 17.5 Å². The number of nitrogen functional groups attached to an aromatic ring is 1. The Bertz CT molecular complexity index is 531. The molecule has 1 rings (SSSR count). The number of rotatable bonds is 6. The van der Waals surface area contributed by atoms with Crippen molar-refractivity contribution in [2.75, 3.05) is 25.4 Å². The summed E-state index contributed by atoms with van der Waals surface area (Å²) in [5.41, 5.74) is 5.17. The van der Waals surface area contributed by atoms with Crippen LogP contribution in [0.15, 0.2) is 12.1 Å². The maximum Gasteiger partial charge on any atom is 0.253 e. The molecule has 1 aromatic carbocycles. The highest BCUT2D eigenvalue weighted by molar-refractivity contribution is 5.99. The number of hydrogen-bond donors (Lipinski definition) is 2. The zero-order valence-corrected chi connectivity index (χ0v) is 12.1. The molecule has 0 bridgehead atoms. The minimum absolute atomic E-state index is 0.0847. The first-order valence-corrected chi connectivity index (χ1v) is 6.71. The summed E-state index contributed by atoms with van der Waals surface area (Å²) in [7, 11) is 0. The van der Waals surface area contributed by atoms with E-state index in [-0.39, 0.29) is 30.1 Å². The molecule has 0 atom stereocenters. The van der Waals surface area contributed by atoms with Crippen LogP contribution in [0.2, 0.25) is 0 Å². The Kier molecular flexibility index (Phi) is 6.08. The predicted octanol–water partition coefficient (Wildman–Crippen LogP) is 1.54. The summed E-state index contributed by atoms with van der Waals surface area (Å²) in [6.07, 6.45) is 0.136. The van der Waals surface area contributed by atoms with E-state index in [2.05, 4.69) is 5.32 Å². The van der Waals surface area contributed by atoms with Crippen molar-refractivity contribution in [3.63, 3.8) is 0 Å².